The molecule has 2 aromatic carbocycles. The fourth-order valence-electron chi connectivity index (χ4n) is 4.74. The van der Waals surface area contributed by atoms with Gasteiger partial charge in [0.15, 0.2) is 0 Å². The predicted octanol–water partition coefficient (Wildman–Crippen LogP) is 2.49. The molecule has 0 saturated carbocycles. The average molecular weight is 557 g/mol. The quantitative estimate of drug-likeness (QED) is 0.456. The molecule has 2 N–H and O–H groups in total. The van der Waals surface area contributed by atoms with Crippen molar-refractivity contribution in [1.82, 2.24) is 15.5 Å². The van der Waals surface area contributed by atoms with Crippen molar-refractivity contribution in [3.63, 3.8) is 0 Å². The molecule has 0 aliphatic carbocycles. The lowest BCUT2D eigenvalue weighted by Gasteiger charge is -2.28. The van der Waals surface area contributed by atoms with Crippen LogP contribution in [-0.4, -0.2) is 73.6 Å². The minimum absolute atomic E-state index is 0.0203. The van der Waals surface area contributed by atoms with E-state index in [2.05, 4.69) is 10.6 Å². The maximum atomic E-state index is 13.2. The van der Waals surface area contributed by atoms with E-state index in [-0.39, 0.29) is 24.8 Å². The summed E-state index contributed by atoms with van der Waals surface area (Å²) in [4.78, 5) is 54.5. The molecule has 1 unspecified atom stereocenters. The number of hydrogen-bond donors (Lipinski definition) is 2. The fraction of sp³-hybridized carbons (Fsp3) is 0.429. The van der Waals surface area contributed by atoms with Gasteiger partial charge >= 0.3 is 5.97 Å². The molecule has 2 aliphatic rings. The molecular formula is C28H33ClN4O6. The lowest BCUT2D eigenvalue weighted by molar-refractivity contribution is -0.168. The Morgan fingerprint density at radius 2 is 1.92 bits per heavy atom. The number of nitrogens with zero attached hydrogens (tertiary/aromatic N) is 2. The number of likely N-dealkylation sites (tertiary alicyclic amines) is 1. The molecule has 39 heavy (non-hydrogen) atoms. The first-order valence-corrected chi connectivity index (χ1v) is 13.3. The second-order valence-corrected chi connectivity index (χ2v) is 10.3. The van der Waals surface area contributed by atoms with Crippen LogP contribution in [-0.2, 0) is 30.5 Å². The van der Waals surface area contributed by atoms with Gasteiger partial charge in [-0.25, -0.2) is 0 Å². The van der Waals surface area contributed by atoms with Gasteiger partial charge in [-0.3, -0.25) is 19.2 Å². The summed E-state index contributed by atoms with van der Waals surface area (Å²) in [5.41, 5.74) is 2.00. The van der Waals surface area contributed by atoms with Gasteiger partial charge in [-0.15, -0.1) is 0 Å². The van der Waals surface area contributed by atoms with Crippen molar-refractivity contribution in [1.29, 1.82) is 0 Å². The molecule has 2 aliphatic heterocycles. The highest BCUT2D eigenvalue weighted by Crippen LogP contribution is 2.26. The minimum atomic E-state index is -0.920. The lowest BCUT2D eigenvalue weighted by Crippen LogP contribution is -2.54. The zero-order valence-corrected chi connectivity index (χ0v) is 22.9. The molecule has 10 nitrogen and oxygen atoms in total. The SMILES string of the molecule is C[C@H](NC(=O)c1ccc(N(C)C)c(Cl)c1)C(=O)N1CCC[C@H]1C(=O)N[C@H]1CC(=O)OC1OCc1ccccc1. The first kappa shape index (κ1) is 28.4. The molecule has 2 heterocycles. The van der Waals surface area contributed by atoms with Crippen LogP contribution in [0, 0.1) is 0 Å². The summed E-state index contributed by atoms with van der Waals surface area (Å²) in [6.45, 7) is 2.19. The van der Waals surface area contributed by atoms with Crippen LogP contribution in [0.5, 0.6) is 0 Å². The Morgan fingerprint density at radius 1 is 1.18 bits per heavy atom. The Labute approximate surface area is 232 Å². The predicted molar refractivity (Wildman–Crippen MR) is 145 cm³/mol. The van der Waals surface area contributed by atoms with Crippen LogP contribution in [0.4, 0.5) is 5.69 Å². The number of rotatable bonds is 9. The number of carbonyl (C=O) groups excluding carboxylic acids is 4. The Kier molecular flexibility index (Phi) is 9.08. The zero-order chi connectivity index (χ0) is 28.1. The van der Waals surface area contributed by atoms with E-state index < -0.39 is 36.3 Å². The number of anilines is 1. The third kappa shape index (κ3) is 6.88. The Balaban J connectivity index is 1.34. The van der Waals surface area contributed by atoms with Gasteiger partial charge in [0.05, 0.1) is 23.7 Å². The van der Waals surface area contributed by atoms with E-state index in [4.69, 9.17) is 21.1 Å². The van der Waals surface area contributed by atoms with Crippen molar-refractivity contribution in [3.8, 4) is 0 Å². The lowest BCUT2D eigenvalue weighted by atomic mass is 10.1. The Morgan fingerprint density at radius 3 is 2.62 bits per heavy atom. The largest absolute Gasteiger partial charge is 0.433 e. The summed E-state index contributed by atoms with van der Waals surface area (Å²) in [6, 6.07) is 12.1. The van der Waals surface area contributed by atoms with E-state index in [0.717, 1.165) is 11.3 Å². The molecule has 2 fully saturated rings. The van der Waals surface area contributed by atoms with Crippen molar-refractivity contribution in [3.05, 3.63) is 64.7 Å². The molecule has 3 amide bonds. The van der Waals surface area contributed by atoms with Crippen molar-refractivity contribution in [2.24, 2.45) is 0 Å². The number of carbonyl (C=O) groups is 4. The summed E-state index contributed by atoms with van der Waals surface area (Å²) in [5.74, 6) is -1.66. The summed E-state index contributed by atoms with van der Waals surface area (Å²) < 4.78 is 11.0. The Bertz CT molecular complexity index is 1220. The van der Waals surface area contributed by atoms with Crippen LogP contribution in [0.1, 0.15) is 42.1 Å². The van der Waals surface area contributed by atoms with Gasteiger partial charge in [-0.1, -0.05) is 41.9 Å². The van der Waals surface area contributed by atoms with Gasteiger partial charge in [0.1, 0.15) is 18.1 Å². The Hall–Kier alpha value is -3.63. The highest BCUT2D eigenvalue weighted by molar-refractivity contribution is 6.33. The third-order valence-corrected chi connectivity index (χ3v) is 7.10. The molecule has 2 saturated heterocycles. The van der Waals surface area contributed by atoms with Gasteiger partial charge in [0.2, 0.25) is 18.1 Å². The van der Waals surface area contributed by atoms with E-state index in [1.807, 2.05) is 49.3 Å². The molecule has 0 radical (unpaired) electrons. The number of benzene rings is 2. The first-order valence-electron chi connectivity index (χ1n) is 12.9. The molecule has 2 aromatic rings. The number of halogens is 1. The maximum absolute atomic E-state index is 13.2. The number of hydrogen-bond acceptors (Lipinski definition) is 7. The van der Waals surface area contributed by atoms with Gasteiger partial charge in [0, 0.05) is 26.2 Å². The van der Waals surface area contributed by atoms with E-state index in [9.17, 15) is 19.2 Å². The van der Waals surface area contributed by atoms with Crippen molar-refractivity contribution in [2.45, 2.75) is 57.2 Å². The zero-order valence-electron chi connectivity index (χ0n) is 22.2. The standard InChI is InChI=1S/C28H33ClN4O6/c1-17(30-25(35)19-11-12-22(32(2)3)20(29)14-19)27(37)33-13-7-10-23(33)26(36)31-21-15-24(34)39-28(21)38-16-18-8-5-4-6-9-18/h4-6,8-9,11-12,14,17,21,23,28H,7,10,13,15-16H2,1-3H3,(H,30,35)(H,31,36)/t17-,21-,23-,28?/m0/s1. The minimum Gasteiger partial charge on any atom is -0.433 e. The van der Waals surface area contributed by atoms with E-state index >= 15 is 0 Å². The third-order valence-electron chi connectivity index (χ3n) is 6.80. The molecule has 0 aromatic heterocycles. The van der Waals surface area contributed by atoms with E-state index in [1.54, 1.807) is 25.1 Å². The molecule has 208 valence electrons. The second-order valence-electron chi connectivity index (χ2n) is 9.92. The highest BCUT2D eigenvalue weighted by Gasteiger charge is 2.41. The van der Waals surface area contributed by atoms with Gasteiger partial charge < -0.3 is 29.9 Å². The van der Waals surface area contributed by atoms with Gasteiger partial charge in [-0.2, -0.15) is 0 Å². The van der Waals surface area contributed by atoms with E-state index in [0.29, 0.717) is 30.0 Å². The van der Waals surface area contributed by atoms with Crippen LogP contribution < -0.4 is 15.5 Å². The molecular weight excluding hydrogens is 524 g/mol. The highest BCUT2D eigenvalue weighted by atomic mass is 35.5. The van der Waals surface area contributed by atoms with Crippen LogP contribution in [0.15, 0.2) is 48.5 Å². The molecule has 4 atom stereocenters. The molecule has 0 spiro atoms. The number of nitrogens with one attached hydrogen (secondary N) is 2. The summed E-state index contributed by atoms with van der Waals surface area (Å²) >= 11 is 6.28. The van der Waals surface area contributed by atoms with Gasteiger partial charge in [-0.05, 0) is 43.5 Å². The normalized spacial score (nSPS) is 21.3. The van der Waals surface area contributed by atoms with Crippen LogP contribution in [0.3, 0.4) is 0 Å². The van der Waals surface area contributed by atoms with Crippen molar-refractivity contribution >= 4 is 41.0 Å². The summed E-state index contributed by atoms with van der Waals surface area (Å²) in [7, 11) is 3.69. The smallest absolute Gasteiger partial charge is 0.310 e. The number of ether oxygens (including phenoxy) is 2. The fourth-order valence-corrected chi connectivity index (χ4v) is 5.09. The number of amides is 3. The summed E-state index contributed by atoms with van der Waals surface area (Å²) in [5, 5.41) is 5.97. The van der Waals surface area contributed by atoms with Crippen molar-refractivity contribution in [2.75, 3.05) is 25.5 Å². The first-order chi connectivity index (χ1) is 18.6. The van der Waals surface area contributed by atoms with E-state index in [1.165, 1.54) is 4.90 Å². The molecule has 0 bridgehead atoms. The topological polar surface area (TPSA) is 117 Å². The molecule has 11 heteroatoms. The van der Waals surface area contributed by atoms with Gasteiger partial charge in [0.25, 0.3) is 5.91 Å². The second kappa shape index (κ2) is 12.5. The van der Waals surface area contributed by atoms with Crippen LogP contribution in [0.2, 0.25) is 5.02 Å². The van der Waals surface area contributed by atoms with Crippen LogP contribution in [0.25, 0.3) is 0 Å². The summed E-state index contributed by atoms with van der Waals surface area (Å²) in [6.07, 6.45) is 0.168. The average Bonchev–Trinajstić information content (AvgIpc) is 3.53. The van der Waals surface area contributed by atoms with Crippen LogP contribution >= 0.6 is 11.6 Å². The van der Waals surface area contributed by atoms with Crippen molar-refractivity contribution < 1.29 is 28.7 Å². The maximum Gasteiger partial charge on any atom is 0.310 e. The molecule has 4 rings (SSSR count). The number of esters is 1. The monoisotopic (exact) mass is 556 g/mol. The number of cyclic esters (lactones) is 1.